The Bertz CT molecular complexity index is 469. The number of pyridine rings is 1. The van der Waals surface area contributed by atoms with Crippen molar-refractivity contribution in [2.75, 3.05) is 19.8 Å². The van der Waals surface area contributed by atoms with Gasteiger partial charge in [0, 0.05) is 32.2 Å². The lowest BCUT2D eigenvalue weighted by molar-refractivity contribution is -0.154. The first-order valence-corrected chi connectivity index (χ1v) is 6.59. The van der Waals surface area contributed by atoms with E-state index in [0.717, 1.165) is 5.56 Å². The maximum Gasteiger partial charge on any atom is 0.311 e. The van der Waals surface area contributed by atoms with Gasteiger partial charge in [0.15, 0.2) is 0 Å². The molecule has 2 rings (SSSR count). The number of hydrogen-bond acceptors (Lipinski definition) is 4. The monoisotopic (exact) mass is 278 g/mol. The van der Waals surface area contributed by atoms with E-state index in [1.165, 1.54) is 0 Å². The molecule has 1 aromatic heterocycles. The Morgan fingerprint density at radius 3 is 2.55 bits per heavy atom. The molecule has 0 bridgehead atoms. The largest absolute Gasteiger partial charge is 0.481 e. The summed E-state index contributed by atoms with van der Waals surface area (Å²) in [4.78, 5) is 27.2. The predicted octanol–water partition coefficient (Wildman–Crippen LogP) is 0.622. The average molecular weight is 278 g/mol. The van der Waals surface area contributed by atoms with E-state index in [4.69, 9.17) is 4.74 Å². The number of nitrogens with zero attached hydrogens (tertiary/aromatic N) is 1. The van der Waals surface area contributed by atoms with Crippen LogP contribution in [0.1, 0.15) is 18.4 Å². The number of carbonyl (C=O) groups excluding carboxylic acids is 1. The smallest absolute Gasteiger partial charge is 0.311 e. The van der Waals surface area contributed by atoms with Crippen molar-refractivity contribution in [1.82, 2.24) is 10.3 Å². The number of rotatable bonds is 5. The molecule has 20 heavy (non-hydrogen) atoms. The fourth-order valence-corrected chi connectivity index (χ4v) is 2.24. The number of carboxylic acids is 1. The van der Waals surface area contributed by atoms with E-state index in [1.54, 1.807) is 24.5 Å². The normalized spacial score (nSPS) is 17.4. The summed E-state index contributed by atoms with van der Waals surface area (Å²) in [6.45, 7) is 0.995. The van der Waals surface area contributed by atoms with Gasteiger partial charge in [0.25, 0.3) is 0 Å². The molecule has 1 fully saturated rings. The van der Waals surface area contributed by atoms with Gasteiger partial charge in [-0.05, 0) is 30.5 Å². The second kappa shape index (κ2) is 6.47. The third-order valence-corrected chi connectivity index (χ3v) is 3.64. The van der Waals surface area contributed by atoms with E-state index in [1.807, 2.05) is 0 Å². The minimum absolute atomic E-state index is 0.148. The lowest BCUT2D eigenvalue weighted by Gasteiger charge is -2.33. The van der Waals surface area contributed by atoms with Gasteiger partial charge in [-0.25, -0.2) is 0 Å². The van der Waals surface area contributed by atoms with Crippen LogP contribution in [-0.2, 0) is 20.7 Å². The molecule has 108 valence electrons. The van der Waals surface area contributed by atoms with Crippen molar-refractivity contribution in [2.45, 2.75) is 19.3 Å². The zero-order valence-corrected chi connectivity index (χ0v) is 11.2. The molecule has 6 nitrogen and oxygen atoms in total. The van der Waals surface area contributed by atoms with Crippen molar-refractivity contribution in [2.24, 2.45) is 5.41 Å². The van der Waals surface area contributed by atoms with Crippen LogP contribution in [-0.4, -0.2) is 41.7 Å². The predicted molar refractivity (Wildman–Crippen MR) is 71.1 cm³/mol. The van der Waals surface area contributed by atoms with Crippen molar-refractivity contribution in [3.8, 4) is 0 Å². The Morgan fingerprint density at radius 2 is 1.95 bits per heavy atom. The van der Waals surface area contributed by atoms with Gasteiger partial charge in [0.05, 0.1) is 11.8 Å². The molecule has 1 aliphatic heterocycles. The second-order valence-corrected chi connectivity index (χ2v) is 5.01. The first-order valence-electron chi connectivity index (χ1n) is 6.59. The van der Waals surface area contributed by atoms with Gasteiger partial charge in [0.2, 0.25) is 5.91 Å². The Balaban J connectivity index is 1.89. The molecule has 0 spiro atoms. The number of nitrogens with one attached hydrogen (secondary N) is 1. The topological polar surface area (TPSA) is 88.5 Å². The first-order chi connectivity index (χ1) is 9.62. The number of carboxylic acid groups (broad SMARTS) is 1. The molecule has 0 unspecified atom stereocenters. The van der Waals surface area contributed by atoms with Crippen LogP contribution < -0.4 is 5.32 Å². The molecule has 0 saturated carbocycles. The highest BCUT2D eigenvalue weighted by Crippen LogP contribution is 2.30. The summed E-state index contributed by atoms with van der Waals surface area (Å²) < 4.78 is 5.19. The zero-order valence-electron chi connectivity index (χ0n) is 11.2. The SMILES string of the molecule is O=C(Cc1ccncc1)NCC1(C(=O)O)CCOCC1. The quantitative estimate of drug-likeness (QED) is 0.824. The highest BCUT2D eigenvalue weighted by molar-refractivity contribution is 5.80. The Labute approximate surface area is 117 Å². The zero-order chi connectivity index (χ0) is 14.4. The van der Waals surface area contributed by atoms with Gasteiger partial charge in [-0.2, -0.15) is 0 Å². The van der Waals surface area contributed by atoms with Crippen molar-refractivity contribution >= 4 is 11.9 Å². The minimum atomic E-state index is -0.897. The lowest BCUT2D eigenvalue weighted by atomic mass is 9.80. The molecule has 1 amide bonds. The summed E-state index contributed by atoms with van der Waals surface area (Å²) in [5.41, 5.74) is -0.0413. The Hall–Kier alpha value is -1.95. The van der Waals surface area contributed by atoms with Crippen LogP contribution in [0.3, 0.4) is 0 Å². The molecule has 6 heteroatoms. The van der Waals surface area contributed by atoms with E-state index in [2.05, 4.69) is 10.3 Å². The molecule has 0 aromatic carbocycles. The molecule has 1 aliphatic rings. The third-order valence-electron chi connectivity index (χ3n) is 3.64. The van der Waals surface area contributed by atoms with Gasteiger partial charge >= 0.3 is 5.97 Å². The number of aliphatic carboxylic acids is 1. The van der Waals surface area contributed by atoms with Crippen LogP contribution in [0, 0.1) is 5.41 Å². The molecule has 2 N–H and O–H groups in total. The molecule has 0 aliphatic carbocycles. The molecule has 0 atom stereocenters. The third kappa shape index (κ3) is 3.54. The van der Waals surface area contributed by atoms with Gasteiger partial charge in [-0.3, -0.25) is 14.6 Å². The highest BCUT2D eigenvalue weighted by Gasteiger charge is 2.40. The van der Waals surface area contributed by atoms with Crippen LogP contribution in [0.2, 0.25) is 0 Å². The molecule has 1 aromatic rings. The Kier molecular flexibility index (Phi) is 4.68. The van der Waals surface area contributed by atoms with Crippen LogP contribution in [0.15, 0.2) is 24.5 Å². The van der Waals surface area contributed by atoms with Crippen LogP contribution in [0.5, 0.6) is 0 Å². The minimum Gasteiger partial charge on any atom is -0.481 e. The summed E-state index contributed by atoms with van der Waals surface area (Å²) in [6, 6.07) is 3.53. The van der Waals surface area contributed by atoms with Gasteiger partial charge in [-0.1, -0.05) is 0 Å². The maximum atomic E-state index is 11.9. The van der Waals surface area contributed by atoms with E-state index >= 15 is 0 Å². The van der Waals surface area contributed by atoms with Crippen LogP contribution in [0.25, 0.3) is 0 Å². The molecular formula is C14H18N2O4. The summed E-state index contributed by atoms with van der Waals surface area (Å²) in [5.74, 6) is -1.05. The maximum absolute atomic E-state index is 11.9. The van der Waals surface area contributed by atoms with Crippen molar-refractivity contribution < 1.29 is 19.4 Å². The average Bonchev–Trinajstić information content (AvgIpc) is 2.47. The number of hydrogen-bond donors (Lipinski definition) is 2. The fraction of sp³-hybridized carbons (Fsp3) is 0.500. The number of carbonyl (C=O) groups is 2. The second-order valence-electron chi connectivity index (χ2n) is 5.01. The molecule has 0 radical (unpaired) electrons. The number of ether oxygens (including phenoxy) is 1. The first kappa shape index (κ1) is 14.5. The summed E-state index contributed by atoms with van der Waals surface area (Å²) in [5, 5.41) is 12.1. The van der Waals surface area contributed by atoms with E-state index in [-0.39, 0.29) is 18.9 Å². The summed E-state index contributed by atoms with van der Waals surface area (Å²) in [6.07, 6.45) is 4.34. The van der Waals surface area contributed by atoms with Gasteiger partial charge in [-0.15, -0.1) is 0 Å². The van der Waals surface area contributed by atoms with Gasteiger partial charge in [0.1, 0.15) is 0 Å². The lowest BCUT2D eigenvalue weighted by Crippen LogP contribution is -2.46. The highest BCUT2D eigenvalue weighted by atomic mass is 16.5. The number of aromatic nitrogens is 1. The molecular weight excluding hydrogens is 260 g/mol. The molecule has 2 heterocycles. The fourth-order valence-electron chi connectivity index (χ4n) is 2.24. The van der Waals surface area contributed by atoms with E-state index in [9.17, 15) is 14.7 Å². The molecule has 1 saturated heterocycles. The summed E-state index contributed by atoms with van der Waals surface area (Å²) >= 11 is 0. The van der Waals surface area contributed by atoms with Crippen molar-refractivity contribution in [3.63, 3.8) is 0 Å². The van der Waals surface area contributed by atoms with Gasteiger partial charge < -0.3 is 15.2 Å². The van der Waals surface area contributed by atoms with Crippen LogP contribution >= 0.6 is 0 Å². The Morgan fingerprint density at radius 1 is 1.30 bits per heavy atom. The standard InChI is InChI=1S/C14H18N2O4/c17-12(9-11-1-5-15-6-2-11)16-10-14(13(18)19)3-7-20-8-4-14/h1-2,5-6H,3-4,7-10H2,(H,16,17)(H,18,19). The van der Waals surface area contributed by atoms with Crippen molar-refractivity contribution in [1.29, 1.82) is 0 Å². The summed E-state index contributed by atoms with van der Waals surface area (Å²) in [7, 11) is 0. The van der Waals surface area contributed by atoms with Crippen LogP contribution in [0.4, 0.5) is 0 Å². The van der Waals surface area contributed by atoms with E-state index < -0.39 is 11.4 Å². The number of amides is 1. The van der Waals surface area contributed by atoms with E-state index in [0.29, 0.717) is 26.1 Å². The van der Waals surface area contributed by atoms with Crippen molar-refractivity contribution in [3.05, 3.63) is 30.1 Å².